The van der Waals surface area contributed by atoms with E-state index in [0.717, 1.165) is 31.6 Å². The summed E-state index contributed by atoms with van der Waals surface area (Å²) in [5.74, 6) is 0.886. The molecule has 0 aromatic heterocycles. The topological polar surface area (TPSA) is 33.6 Å². The van der Waals surface area contributed by atoms with Gasteiger partial charge in [0.15, 0.2) is 0 Å². The number of rotatable bonds is 4. The molecule has 0 atom stereocenters. The van der Waals surface area contributed by atoms with Crippen molar-refractivity contribution in [2.45, 2.75) is 25.4 Å². The van der Waals surface area contributed by atoms with Crippen LogP contribution in [0.1, 0.15) is 19.3 Å². The van der Waals surface area contributed by atoms with Crippen molar-refractivity contribution in [2.24, 2.45) is 4.99 Å². The van der Waals surface area contributed by atoms with Gasteiger partial charge < -0.3 is 10.1 Å². The summed E-state index contributed by atoms with van der Waals surface area (Å²) in [7, 11) is 0. The molecule has 6 heteroatoms. The van der Waals surface area contributed by atoms with Gasteiger partial charge in [-0.1, -0.05) is 0 Å². The van der Waals surface area contributed by atoms with E-state index in [2.05, 4.69) is 15.0 Å². The summed E-state index contributed by atoms with van der Waals surface area (Å²) in [6.07, 6.45) is -1.16. The number of nitrogens with zero attached hydrogens (tertiary/aromatic N) is 1. The molecule has 0 radical (unpaired) electrons. The molecular weight excluding hydrogens is 209 g/mol. The molecule has 0 saturated carbocycles. The quantitative estimate of drug-likeness (QED) is 0.738. The van der Waals surface area contributed by atoms with Crippen molar-refractivity contribution < 1.29 is 17.9 Å². The summed E-state index contributed by atoms with van der Waals surface area (Å²) in [4.78, 5) is 4.20. The Morgan fingerprint density at radius 2 is 2.13 bits per heavy atom. The average Bonchev–Trinajstić information content (AvgIpc) is 2.17. The van der Waals surface area contributed by atoms with Crippen LogP contribution in [0.25, 0.3) is 0 Å². The van der Waals surface area contributed by atoms with Gasteiger partial charge in [0, 0.05) is 19.5 Å². The highest BCUT2D eigenvalue weighted by Gasteiger charge is 2.27. The molecule has 0 saturated heterocycles. The maximum atomic E-state index is 11.7. The monoisotopic (exact) mass is 224 g/mol. The fourth-order valence-electron chi connectivity index (χ4n) is 1.30. The molecule has 0 amide bonds. The van der Waals surface area contributed by atoms with Crippen molar-refractivity contribution in [1.29, 1.82) is 0 Å². The van der Waals surface area contributed by atoms with Gasteiger partial charge in [0.2, 0.25) is 0 Å². The van der Waals surface area contributed by atoms with Gasteiger partial charge in [-0.05, 0) is 12.8 Å². The number of aliphatic imine (C=N–C) groups is 1. The van der Waals surface area contributed by atoms with E-state index in [0.29, 0.717) is 6.54 Å². The van der Waals surface area contributed by atoms with Gasteiger partial charge in [-0.15, -0.1) is 0 Å². The molecule has 1 aliphatic heterocycles. The fraction of sp³-hybridized carbons (Fsp3) is 0.889. The Morgan fingerprint density at radius 1 is 1.33 bits per heavy atom. The molecule has 3 nitrogen and oxygen atoms in total. The number of amidine groups is 1. The van der Waals surface area contributed by atoms with Gasteiger partial charge in [-0.3, -0.25) is 4.99 Å². The SMILES string of the molecule is FC(F)(F)COCCNC1=NCCCC1. The second-order valence-electron chi connectivity index (χ2n) is 3.38. The predicted octanol–water partition coefficient (Wildman–Crippen LogP) is 1.74. The van der Waals surface area contributed by atoms with Gasteiger partial charge in [-0.2, -0.15) is 13.2 Å². The van der Waals surface area contributed by atoms with Crippen LogP contribution < -0.4 is 5.32 Å². The van der Waals surface area contributed by atoms with Crippen LogP contribution in [0, 0.1) is 0 Å². The average molecular weight is 224 g/mol. The van der Waals surface area contributed by atoms with E-state index in [1.165, 1.54) is 0 Å². The Labute approximate surface area is 86.7 Å². The van der Waals surface area contributed by atoms with E-state index in [1.54, 1.807) is 0 Å². The first-order valence-electron chi connectivity index (χ1n) is 4.99. The molecule has 0 aromatic carbocycles. The van der Waals surface area contributed by atoms with Gasteiger partial charge >= 0.3 is 6.18 Å². The third kappa shape index (κ3) is 6.33. The van der Waals surface area contributed by atoms with Crippen molar-refractivity contribution in [3.8, 4) is 0 Å². The van der Waals surface area contributed by atoms with Crippen LogP contribution in [0.3, 0.4) is 0 Å². The molecule has 0 unspecified atom stereocenters. The molecule has 1 N–H and O–H groups in total. The molecule has 0 fully saturated rings. The van der Waals surface area contributed by atoms with Gasteiger partial charge in [0.05, 0.1) is 12.4 Å². The van der Waals surface area contributed by atoms with Crippen LogP contribution in [-0.2, 0) is 4.74 Å². The molecule has 0 spiro atoms. The van der Waals surface area contributed by atoms with Crippen molar-refractivity contribution in [3.63, 3.8) is 0 Å². The molecule has 0 bridgehead atoms. The molecular formula is C9H15F3N2O. The second-order valence-corrected chi connectivity index (χ2v) is 3.38. The van der Waals surface area contributed by atoms with E-state index in [9.17, 15) is 13.2 Å². The van der Waals surface area contributed by atoms with E-state index in [1.807, 2.05) is 0 Å². The standard InChI is InChI=1S/C9H15F3N2O/c10-9(11,12)7-15-6-5-14-8-3-1-2-4-13-8/h1-7H2,(H,13,14). The van der Waals surface area contributed by atoms with Crippen LogP contribution in [0.2, 0.25) is 0 Å². The second kappa shape index (κ2) is 5.95. The van der Waals surface area contributed by atoms with Crippen molar-refractivity contribution in [1.82, 2.24) is 5.32 Å². The highest BCUT2D eigenvalue weighted by Crippen LogP contribution is 2.13. The Hall–Kier alpha value is -0.780. The van der Waals surface area contributed by atoms with Crippen LogP contribution in [0.15, 0.2) is 4.99 Å². The number of hydrogen-bond donors (Lipinski definition) is 1. The van der Waals surface area contributed by atoms with Crippen molar-refractivity contribution >= 4 is 5.84 Å². The zero-order valence-electron chi connectivity index (χ0n) is 8.44. The molecule has 1 heterocycles. The molecule has 88 valence electrons. The normalized spacial score (nSPS) is 17.4. The van der Waals surface area contributed by atoms with E-state index < -0.39 is 12.8 Å². The lowest BCUT2D eigenvalue weighted by molar-refractivity contribution is -0.173. The van der Waals surface area contributed by atoms with Crippen LogP contribution in [0.5, 0.6) is 0 Å². The summed E-state index contributed by atoms with van der Waals surface area (Å²) in [5.41, 5.74) is 0. The zero-order chi connectivity index (χ0) is 11.1. The number of alkyl halides is 3. The Balaban J connectivity index is 1.99. The molecule has 0 aliphatic carbocycles. The van der Waals surface area contributed by atoms with Gasteiger partial charge in [0.25, 0.3) is 0 Å². The predicted molar refractivity (Wildman–Crippen MR) is 51.0 cm³/mol. The number of halogens is 3. The third-order valence-electron chi connectivity index (χ3n) is 1.97. The summed E-state index contributed by atoms with van der Waals surface area (Å²) in [6, 6.07) is 0. The van der Waals surface area contributed by atoms with E-state index in [-0.39, 0.29) is 6.61 Å². The summed E-state index contributed by atoms with van der Waals surface area (Å²) >= 11 is 0. The zero-order valence-corrected chi connectivity index (χ0v) is 8.44. The van der Waals surface area contributed by atoms with Crippen LogP contribution in [-0.4, -0.2) is 38.3 Å². The minimum Gasteiger partial charge on any atom is -0.372 e. The van der Waals surface area contributed by atoms with Gasteiger partial charge in [-0.25, -0.2) is 0 Å². The number of hydrogen-bond acceptors (Lipinski definition) is 3. The van der Waals surface area contributed by atoms with Crippen molar-refractivity contribution in [2.75, 3.05) is 26.3 Å². The van der Waals surface area contributed by atoms with Crippen LogP contribution >= 0.6 is 0 Å². The molecule has 15 heavy (non-hydrogen) atoms. The van der Waals surface area contributed by atoms with Gasteiger partial charge in [0.1, 0.15) is 6.61 Å². The Morgan fingerprint density at radius 3 is 2.73 bits per heavy atom. The smallest absolute Gasteiger partial charge is 0.372 e. The van der Waals surface area contributed by atoms with E-state index in [4.69, 9.17) is 0 Å². The number of nitrogens with one attached hydrogen (secondary N) is 1. The maximum Gasteiger partial charge on any atom is 0.411 e. The lowest BCUT2D eigenvalue weighted by Gasteiger charge is -2.14. The summed E-state index contributed by atoms with van der Waals surface area (Å²) in [6.45, 7) is 0.0698. The third-order valence-corrected chi connectivity index (χ3v) is 1.97. The highest BCUT2D eigenvalue weighted by atomic mass is 19.4. The fourth-order valence-corrected chi connectivity index (χ4v) is 1.30. The molecule has 1 aliphatic rings. The molecule has 1 rings (SSSR count). The van der Waals surface area contributed by atoms with Crippen LogP contribution in [0.4, 0.5) is 13.2 Å². The van der Waals surface area contributed by atoms with Crippen molar-refractivity contribution in [3.05, 3.63) is 0 Å². The summed E-state index contributed by atoms with van der Waals surface area (Å²) in [5, 5.41) is 2.97. The first-order valence-corrected chi connectivity index (χ1v) is 4.99. The van der Waals surface area contributed by atoms with E-state index >= 15 is 0 Å². The Kier molecular flexibility index (Phi) is 4.87. The first-order chi connectivity index (χ1) is 7.08. The largest absolute Gasteiger partial charge is 0.411 e. The Bertz CT molecular complexity index is 216. The molecule has 0 aromatic rings. The number of ether oxygens (including phenoxy) is 1. The maximum absolute atomic E-state index is 11.7. The highest BCUT2D eigenvalue weighted by molar-refractivity contribution is 5.82. The minimum absolute atomic E-state index is 0.0541. The lowest BCUT2D eigenvalue weighted by Crippen LogP contribution is -2.30. The minimum atomic E-state index is -4.23. The lowest BCUT2D eigenvalue weighted by atomic mass is 10.2. The summed E-state index contributed by atoms with van der Waals surface area (Å²) < 4.78 is 39.5. The first kappa shape index (κ1) is 12.3.